The fourth-order valence-electron chi connectivity index (χ4n) is 1.98. The summed E-state index contributed by atoms with van der Waals surface area (Å²) in [6.45, 7) is 3.87. The summed E-state index contributed by atoms with van der Waals surface area (Å²) in [5.74, 6) is -0.804. The van der Waals surface area contributed by atoms with Crippen LogP contribution in [0.15, 0.2) is 35.9 Å². The lowest BCUT2D eigenvalue weighted by atomic mass is 10.0. The zero-order valence-electron chi connectivity index (χ0n) is 11.3. The molecule has 0 saturated carbocycles. The number of allylic oxidation sites excluding steroid dienone is 3. The molecule has 0 aliphatic carbocycles. The molecule has 2 rings (SSSR count). The summed E-state index contributed by atoms with van der Waals surface area (Å²) in [5, 5.41) is 39.8. The van der Waals surface area contributed by atoms with E-state index in [1.165, 1.54) is 18.2 Å². The zero-order chi connectivity index (χ0) is 14.9. The number of rotatable bonds is 2. The van der Waals surface area contributed by atoms with Gasteiger partial charge in [-0.05, 0) is 32.0 Å². The Morgan fingerprint density at radius 1 is 0.900 bits per heavy atom. The van der Waals surface area contributed by atoms with Gasteiger partial charge in [0.25, 0.3) is 0 Å². The lowest BCUT2D eigenvalue weighted by molar-refractivity contribution is 0.446. The minimum Gasteiger partial charge on any atom is -0.507 e. The van der Waals surface area contributed by atoms with Crippen molar-refractivity contribution in [1.29, 1.82) is 0 Å². The fourth-order valence-corrected chi connectivity index (χ4v) is 1.98. The Morgan fingerprint density at radius 2 is 1.50 bits per heavy atom. The molecule has 0 radical (unpaired) electrons. The van der Waals surface area contributed by atoms with Gasteiger partial charge >= 0.3 is 0 Å². The molecule has 20 heavy (non-hydrogen) atoms. The molecule has 0 unspecified atom stereocenters. The van der Waals surface area contributed by atoms with Gasteiger partial charge in [0.2, 0.25) is 0 Å². The summed E-state index contributed by atoms with van der Waals surface area (Å²) in [5.41, 5.74) is 1.44. The van der Waals surface area contributed by atoms with Crippen LogP contribution in [0.1, 0.15) is 19.4 Å². The van der Waals surface area contributed by atoms with Crippen LogP contribution in [0.5, 0.6) is 23.0 Å². The van der Waals surface area contributed by atoms with E-state index in [9.17, 15) is 20.4 Å². The number of hydrogen-bond acceptors (Lipinski definition) is 4. The van der Waals surface area contributed by atoms with E-state index < -0.39 is 0 Å². The van der Waals surface area contributed by atoms with Crippen LogP contribution in [-0.4, -0.2) is 20.4 Å². The van der Waals surface area contributed by atoms with Crippen molar-refractivity contribution in [3.8, 4) is 23.0 Å². The third kappa shape index (κ3) is 2.40. The van der Waals surface area contributed by atoms with Crippen LogP contribution in [0.3, 0.4) is 0 Å². The van der Waals surface area contributed by atoms with Gasteiger partial charge in [-0.25, -0.2) is 0 Å². The minimum atomic E-state index is -0.206. The van der Waals surface area contributed by atoms with Gasteiger partial charge in [0.15, 0.2) is 0 Å². The molecule has 0 fully saturated rings. The number of aromatic hydroxyl groups is 4. The SMILES string of the molecule is CC(C)=C/C=C/c1cc(O)c2c(O)ccc(O)c2c1O. The normalized spacial score (nSPS) is 11.1. The second-order valence-corrected chi connectivity index (χ2v) is 4.79. The highest BCUT2D eigenvalue weighted by Gasteiger charge is 2.16. The quantitative estimate of drug-likeness (QED) is 0.497. The molecule has 4 N–H and O–H groups in total. The smallest absolute Gasteiger partial charge is 0.134 e. The first kappa shape index (κ1) is 13.8. The average molecular weight is 272 g/mol. The van der Waals surface area contributed by atoms with Crippen molar-refractivity contribution in [2.45, 2.75) is 13.8 Å². The van der Waals surface area contributed by atoms with E-state index in [-0.39, 0.29) is 33.8 Å². The molecule has 104 valence electrons. The molecule has 4 nitrogen and oxygen atoms in total. The number of hydrogen-bond donors (Lipinski definition) is 4. The molecule has 0 heterocycles. The van der Waals surface area contributed by atoms with Crippen LogP contribution < -0.4 is 0 Å². The minimum absolute atomic E-state index is 0.0295. The molecule has 0 bridgehead atoms. The highest BCUT2D eigenvalue weighted by atomic mass is 16.3. The molecule has 0 amide bonds. The summed E-state index contributed by atoms with van der Waals surface area (Å²) in [4.78, 5) is 0. The van der Waals surface area contributed by atoms with Gasteiger partial charge in [-0.15, -0.1) is 0 Å². The van der Waals surface area contributed by atoms with Crippen molar-refractivity contribution < 1.29 is 20.4 Å². The highest BCUT2D eigenvalue weighted by Crippen LogP contribution is 2.44. The Hall–Kier alpha value is -2.62. The predicted molar refractivity (Wildman–Crippen MR) is 79.1 cm³/mol. The molecular weight excluding hydrogens is 256 g/mol. The Balaban J connectivity index is 2.72. The molecule has 0 atom stereocenters. The standard InChI is InChI=1S/C16H16O4/c1-9(2)4-3-5-10-8-13(19)14-11(17)6-7-12(18)15(14)16(10)20/h3-8,17-20H,1-2H3/b5-3+. The first-order chi connectivity index (χ1) is 9.41. The second kappa shape index (κ2) is 5.17. The number of phenolic OH excluding ortho intramolecular Hbond substituents is 4. The summed E-state index contributed by atoms with van der Waals surface area (Å²) in [6, 6.07) is 3.86. The van der Waals surface area contributed by atoms with Crippen molar-refractivity contribution in [2.24, 2.45) is 0 Å². The van der Waals surface area contributed by atoms with E-state index in [0.29, 0.717) is 5.56 Å². The Bertz CT molecular complexity index is 723. The number of fused-ring (bicyclic) bond motifs is 1. The van der Waals surface area contributed by atoms with Crippen LogP contribution in [-0.2, 0) is 0 Å². The van der Waals surface area contributed by atoms with Crippen LogP contribution in [0, 0.1) is 0 Å². The first-order valence-corrected chi connectivity index (χ1v) is 6.13. The van der Waals surface area contributed by atoms with Gasteiger partial charge in [-0.3, -0.25) is 0 Å². The Kier molecular flexibility index (Phi) is 3.57. The Morgan fingerprint density at radius 3 is 2.10 bits per heavy atom. The van der Waals surface area contributed by atoms with E-state index in [0.717, 1.165) is 5.57 Å². The van der Waals surface area contributed by atoms with Crippen LogP contribution >= 0.6 is 0 Å². The lowest BCUT2D eigenvalue weighted by Crippen LogP contribution is -1.83. The van der Waals surface area contributed by atoms with Gasteiger partial charge in [0.1, 0.15) is 23.0 Å². The summed E-state index contributed by atoms with van der Waals surface area (Å²) >= 11 is 0. The number of phenols is 4. The predicted octanol–water partition coefficient (Wildman–Crippen LogP) is 3.64. The summed E-state index contributed by atoms with van der Waals surface area (Å²) < 4.78 is 0. The maximum Gasteiger partial charge on any atom is 0.134 e. The zero-order valence-corrected chi connectivity index (χ0v) is 11.3. The van der Waals surface area contributed by atoms with Gasteiger partial charge in [0, 0.05) is 5.56 Å². The second-order valence-electron chi connectivity index (χ2n) is 4.79. The largest absolute Gasteiger partial charge is 0.507 e. The van der Waals surface area contributed by atoms with Crippen molar-refractivity contribution >= 4 is 16.8 Å². The van der Waals surface area contributed by atoms with Crippen molar-refractivity contribution in [3.63, 3.8) is 0 Å². The van der Waals surface area contributed by atoms with Crippen molar-refractivity contribution in [3.05, 3.63) is 41.5 Å². The van der Waals surface area contributed by atoms with Crippen molar-refractivity contribution in [2.75, 3.05) is 0 Å². The van der Waals surface area contributed by atoms with Gasteiger partial charge in [-0.2, -0.15) is 0 Å². The lowest BCUT2D eigenvalue weighted by Gasteiger charge is -2.10. The van der Waals surface area contributed by atoms with Gasteiger partial charge in [0.05, 0.1) is 10.8 Å². The molecule has 2 aromatic carbocycles. The summed E-state index contributed by atoms with van der Waals surface area (Å²) in [6.07, 6.45) is 5.20. The van der Waals surface area contributed by atoms with Crippen LogP contribution in [0.2, 0.25) is 0 Å². The van der Waals surface area contributed by atoms with E-state index in [4.69, 9.17) is 0 Å². The Labute approximate surface area is 116 Å². The topological polar surface area (TPSA) is 80.9 Å². The number of benzene rings is 2. The van der Waals surface area contributed by atoms with Gasteiger partial charge in [-0.1, -0.05) is 23.8 Å². The monoisotopic (exact) mass is 272 g/mol. The first-order valence-electron chi connectivity index (χ1n) is 6.13. The molecule has 0 aliphatic rings. The van der Waals surface area contributed by atoms with Crippen LogP contribution in [0.25, 0.3) is 16.8 Å². The average Bonchev–Trinajstić information content (AvgIpc) is 2.37. The molecule has 0 spiro atoms. The molecule has 0 aliphatic heterocycles. The molecule has 0 saturated heterocycles. The van der Waals surface area contributed by atoms with E-state index in [1.807, 2.05) is 19.9 Å². The maximum absolute atomic E-state index is 10.2. The van der Waals surface area contributed by atoms with E-state index in [2.05, 4.69) is 0 Å². The highest BCUT2D eigenvalue weighted by molar-refractivity contribution is 6.03. The molecule has 0 aromatic heterocycles. The maximum atomic E-state index is 10.2. The third-order valence-electron chi connectivity index (χ3n) is 2.93. The van der Waals surface area contributed by atoms with Crippen molar-refractivity contribution in [1.82, 2.24) is 0 Å². The third-order valence-corrected chi connectivity index (χ3v) is 2.93. The summed E-state index contributed by atoms with van der Waals surface area (Å²) in [7, 11) is 0. The molecular formula is C16H16O4. The van der Waals surface area contributed by atoms with E-state index in [1.54, 1.807) is 12.2 Å². The van der Waals surface area contributed by atoms with Crippen LogP contribution in [0.4, 0.5) is 0 Å². The van der Waals surface area contributed by atoms with Gasteiger partial charge < -0.3 is 20.4 Å². The fraction of sp³-hybridized carbons (Fsp3) is 0.125. The van der Waals surface area contributed by atoms with E-state index >= 15 is 0 Å². The molecule has 2 aromatic rings. The molecule has 4 heteroatoms.